The summed E-state index contributed by atoms with van der Waals surface area (Å²) in [4.78, 5) is 0.311. The van der Waals surface area contributed by atoms with Crippen molar-refractivity contribution in [3.8, 4) is 0 Å². The van der Waals surface area contributed by atoms with E-state index in [2.05, 4.69) is 5.32 Å². The topological polar surface area (TPSA) is 46.2 Å². The average molecular weight is 335 g/mol. The average Bonchev–Trinajstić information content (AvgIpc) is 2.92. The Hall–Kier alpha value is -1.54. The fraction of sp³-hybridized carbons (Fsp3) is 0.231. The second-order valence-electron chi connectivity index (χ2n) is 4.35. The number of sulfone groups is 1. The lowest BCUT2D eigenvalue weighted by atomic mass is 10.2. The van der Waals surface area contributed by atoms with Crippen LogP contribution < -0.4 is 5.32 Å². The number of benzene rings is 1. The van der Waals surface area contributed by atoms with Crippen LogP contribution in [0.2, 0.25) is 0 Å². The van der Waals surface area contributed by atoms with Crippen molar-refractivity contribution in [3.05, 3.63) is 46.7 Å². The molecule has 8 heteroatoms. The Morgan fingerprint density at radius 3 is 2.24 bits per heavy atom. The van der Waals surface area contributed by atoms with E-state index in [1.54, 1.807) is 11.3 Å². The molecular formula is C13H12F3NO2S2. The molecule has 1 N–H and O–H groups in total. The van der Waals surface area contributed by atoms with Crippen LogP contribution in [0.25, 0.3) is 0 Å². The SMILES string of the molecule is CC(Nc1ccc(S(=O)(=O)C(F)(F)F)cc1)c1cccs1. The lowest BCUT2D eigenvalue weighted by Crippen LogP contribution is -2.23. The zero-order chi connectivity index (χ0) is 15.7. The summed E-state index contributed by atoms with van der Waals surface area (Å²) in [7, 11) is -5.29. The molecule has 0 spiro atoms. The van der Waals surface area contributed by atoms with Crippen LogP contribution in [0.15, 0.2) is 46.7 Å². The van der Waals surface area contributed by atoms with Crippen molar-refractivity contribution in [2.45, 2.75) is 23.4 Å². The molecule has 0 aliphatic rings. The Kier molecular flexibility index (Phi) is 4.29. The predicted molar refractivity (Wildman–Crippen MR) is 76.0 cm³/mol. The molecule has 1 unspecified atom stereocenters. The normalized spacial score (nSPS) is 13.9. The van der Waals surface area contributed by atoms with E-state index in [9.17, 15) is 21.6 Å². The molecular weight excluding hydrogens is 323 g/mol. The van der Waals surface area contributed by atoms with Crippen molar-refractivity contribution < 1.29 is 21.6 Å². The first kappa shape index (κ1) is 15.8. The van der Waals surface area contributed by atoms with Crippen LogP contribution in [0.5, 0.6) is 0 Å². The first-order valence-corrected chi connectivity index (χ1v) is 8.29. The van der Waals surface area contributed by atoms with Gasteiger partial charge in [0.15, 0.2) is 0 Å². The summed E-state index contributed by atoms with van der Waals surface area (Å²) in [5, 5.41) is 5.02. The van der Waals surface area contributed by atoms with Gasteiger partial charge in [-0.25, -0.2) is 8.42 Å². The molecule has 1 atom stereocenters. The molecule has 1 heterocycles. The van der Waals surface area contributed by atoms with Gasteiger partial charge in [0.05, 0.1) is 10.9 Å². The Morgan fingerprint density at radius 2 is 1.76 bits per heavy atom. The summed E-state index contributed by atoms with van der Waals surface area (Å²) in [6.07, 6.45) is 0. The van der Waals surface area contributed by atoms with Crippen molar-refractivity contribution in [3.63, 3.8) is 0 Å². The first-order chi connectivity index (χ1) is 9.72. The van der Waals surface area contributed by atoms with Crippen molar-refractivity contribution in [1.29, 1.82) is 0 Å². The summed E-state index contributed by atoms with van der Waals surface area (Å²) in [6, 6.07) is 8.36. The quantitative estimate of drug-likeness (QED) is 0.910. The standard InChI is InChI=1S/C13H12F3NO2S2/c1-9(12-3-2-8-20-12)17-10-4-6-11(7-5-10)21(18,19)13(14,15)16/h2-9,17H,1H3. The molecule has 2 rings (SSSR count). The minimum Gasteiger partial charge on any atom is -0.378 e. The molecule has 0 saturated heterocycles. The molecule has 0 amide bonds. The van der Waals surface area contributed by atoms with Crippen LogP contribution in [-0.4, -0.2) is 13.9 Å². The molecule has 0 saturated carbocycles. The Morgan fingerprint density at radius 1 is 1.14 bits per heavy atom. The predicted octanol–water partition coefficient (Wildman–Crippen LogP) is 4.21. The van der Waals surface area contributed by atoms with Crippen molar-refractivity contribution in [2.75, 3.05) is 5.32 Å². The monoisotopic (exact) mass is 335 g/mol. The van der Waals surface area contributed by atoms with E-state index >= 15 is 0 Å². The first-order valence-electron chi connectivity index (χ1n) is 5.93. The summed E-state index contributed by atoms with van der Waals surface area (Å²) < 4.78 is 59.7. The number of hydrogen-bond donors (Lipinski definition) is 1. The van der Waals surface area contributed by atoms with Gasteiger partial charge in [-0.3, -0.25) is 0 Å². The van der Waals surface area contributed by atoms with E-state index < -0.39 is 20.2 Å². The van der Waals surface area contributed by atoms with Gasteiger partial charge in [-0.15, -0.1) is 11.3 Å². The molecule has 0 fully saturated rings. The largest absolute Gasteiger partial charge is 0.501 e. The van der Waals surface area contributed by atoms with Gasteiger partial charge >= 0.3 is 5.51 Å². The number of thiophene rings is 1. The number of rotatable bonds is 4. The molecule has 1 aromatic carbocycles. The van der Waals surface area contributed by atoms with Crippen molar-refractivity contribution >= 4 is 26.9 Å². The van der Waals surface area contributed by atoms with E-state index in [4.69, 9.17) is 0 Å². The maximum atomic E-state index is 12.4. The molecule has 0 radical (unpaired) electrons. The van der Waals surface area contributed by atoms with Gasteiger partial charge in [0.2, 0.25) is 0 Å². The lowest BCUT2D eigenvalue weighted by Gasteiger charge is -2.14. The van der Waals surface area contributed by atoms with E-state index in [1.807, 2.05) is 24.4 Å². The van der Waals surface area contributed by atoms with Gasteiger partial charge in [-0.05, 0) is 42.6 Å². The summed E-state index contributed by atoms with van der Waals surface area (Å²) in [5.74, 6) is 0. The molecule has 3 nitrogen and oxygen atoms in total. The van der Waals surface area contributed by atoms with Crippen LogP contribution in [0.1, 0.15) is 17.8 Å². The fourth-order valence-corrected chi connectivity index (χ4v) is 3.22. The third-order valence-electron chi connectivity index (χ3n) is 2.82. The van der Waals surface area contributed by atoms with Crippen LogP contribution >= 0.6 is 11.3 Å². The second-order valence-corrected chi connectivity index (χ2v) is 7.28. The molecule has 114 valence electrons. The summed E-state index contributed by atoms with van der Waals surface area (Å²) >= 11 is 1.55. The Balaban J connectivity index is 2.17. The lowest BCUT2D eigenvalue weighted by molar-refractivity contribution is -0.0436. The van der Waals surface area contributed by atoms with Gasteiger partial charge < -0.3 is 5.32 Å². The second kappa shape index (κ2) is 5.69. The van der Waals surface area contributed by atoms with Gasteiger partial charge in [0.25, 0.3) is 9.84 Å². The summed E-state index contributed by atoms with van der Waals surface area (Å²) in [6.45, 7) is 1.91. The number of hydrogen-bond acceptors (Lipinski definition) is 4. The van der Waals surface area contributed by atoms with Gasteiger partial charge in [0.1, 0.15) is 0 Å². The van der Waals surface area contributed by atoms with E-state index in [1.165, 1.54) is 12.1 Å². The highest BCUT2D eigenvalue weighted by Gasteiger charge is 2.46. The van der Waals surface area contributed by atoms with Gasteiger partial charge in [0, 0.05) is 10.6 Å². The molecule has 2 aromatic rings. The molecule has 0 bridgehead atoms. The minimum absolute atomic E-state index is 0.0185. The van der Waals surface area contributed by atoms with E-state index in [-0.39, 0.29) is 6.04 Å². The van der Waals surface area contributed by atoms with Crippen LogP contribution in [0.3, 0.4) is 0 Å². The van der Waals surface area contributed by atoms with Crippen molar-refractivity contribution in [2.24, 2.45) is 0 Å². The maximum absolute atomic E-state index is 12.4. The molecule has 0 aliphatic carbocycles. The number of alkyl halides is 3. The van der Waals surface area contributed by atoms with Gasteiger partial charge in [-0.2, -0.15) is 13.2 Å². The highest BCUT2D eigenvalue weighted by Crippen LogP contribution is 2.31. The Labute approximate surface area is 124 Å². The van der Waals surface area contributed by atoms with Crippen LogP contribution in [0, 0.1) is 0 Å². The third-order valence-corrected chi connectivity index (χ3v) is 5.38. The summed E-state index contributed by atoms with van der Waals surface area (Å²) in [5.41, 5.74) is -4.73. The highest BCUT2D eigenvalue weighted by molar-refractivity contribution is 7.92. The van der Waals surface area contributed by atoms with Crippen LogP contribution in [0.4, 0.5) is 18.9 Å². The highest BCUT2D eigenvalue weighted by atomic mass is 32.2. The van der Waals surface area contributed by atoms with Crippen molar-refractivity contribution in [1.82, 2.24) is 0 Å². The number of halogens is 3. The molecule has 1 aromatic heterocycles. The zero-order valence-electron chi connectivity index (χ0n) is 10.9. The van der Waals surface area contributed by atoms with Crippen LogP contribution in [-0.2, 0) is 9.84 Å². The Bertz CT molecular complexity index is 692. The zero-order valence-corrected chi connectivity index (χ0v) is 12.5. The molecule has 21 heavy (non-hydrogen) atoms. The van der Waals surface area contributed by atoms with E-state index in [0.717, 1.165) is 17.0 Å². The van der Waals surface area contributed by atoms with E-state index in [0.29, 0.717) is 5.69 Å². The smallest absolute Gasteiger partial charge is 0.378 e. The minimum atomic E-state index is -5.29. The third kappa shape index (κ3) is 3.38. The fourth-order valence-electron chi connectivity index (χ4n) is 1.72. The number of anilines is 1. The van der Waals surface area contributed by atoms with Gasteiger partial charge in [-0.1, -0.05) is 6.07 Å². The molecule has 0 aliphatic heterocycles. The maximum Gasteiger partial charge on any atom is 0.501 e. The number of nitrogens with one attached hydrogen (secondary N) is 1.